The predicted octanol–water partition coefficient (Wildman–Crippen LogP) is 1.27. The Morgan fingerprint density at radius 1 is 1.12 bits per heavy atom. The zero-order chi connectivity index (χ0) is 18.0. The van der Waals surface area contributed by atoms with E-state index in [0.717, 1.165) is 31.9 Å². The fourth-order valence-electron chi connectivity index (χ4n) is 3.60. The van der Waals surface area contributed by atoms with Crippen LogP contribution in [-0.2, 0) is 9.59 Å². The van der Waals surface area contributed by atoms with Crippen molar-refractivity contribution >= 4 is 17.6 Å². The second kappa shape index (κ2) is 7.39. The molecule has 3 rings (SSSR count). The molecule has 2 aliphatic heterocycles. The van der Waals surface area contributed by atoms with E-state index >= 15 is 0 Å². The molecule has 1 aromatic rings. The summed E-state index contributed by atoms with van der Waals surface area (Å²) in [6.45, 7) is 5.79. The molecule has 2 atom stereocenters. The van der Waals surface area contributed by atoms with Gasteiger partial charge in [-0.15, -0.1) is 0 Å². The average Bonchev–Trinajstić information content (AvgIpc) is 3.12. The Hall–Kier alpha value is -2.15. The SMILES string of the molecule is C[C@H](C(=O)N1CC[C@H](C(=O)O)C1)N1CCN(c2ccc(F)cc2)CC1. The minimum absolute atomic E-state index is 0.0129. The Bertz CT molecular complexity index is 629. The normalized spacial score (nSPS) is 22.9. The first-order chi connectivity index (χ1) is 12.0. The monoisotopic (exact) mass is 349 g/mol. The van der Waals surface area contributed by atoms with Crippen LogP contribution in [0.25, 0.3) is 0 Å². The summed E-state index contributed by atoms with van der Waals surface area (Å²) in [5.41, 5.74) is 0.990. The number of carboxylic acids is 1. The Kier molecular flexibility index (Phi) is 5.22. The van der Waals surface area contributed by atoms with Crippen LogP contribution in [0.1, 0.15) is 13.3 Å². The van der Waals surface area contributed by atoms with Gasteiger partial charge in [-0.3, -0.25) is 14.5 Å². The fraction of sp³-hybridized carbons (Fsp3) is 0.556. The second-order valence-electron chi connectivity index (χ2n) is 6.78. The third-order valence-corrected chi connectivity index (χ3v) is 5.26. The number of hydrogen-bond donors (Lipinski definition) is 1. The van der Waals surface area contributed by atoms with E-state index in [0.29, 0.717) is 19.5 Å². The lowest BCUT2D eigenvalue weighted by Crippen LogP contribution is -2.54. The molecule has 2 fully saturated rings. The van der Waals surface area contributed by atoms with Crippen molar-refractivity contribution in [3.05, 3.63) is 30.1 Å². The van der Waals surface area contributed by atoms with Gasteiger partial charge in [-0.25, -0.2) is 4.39 Å². The number of amides is 1. The third-order valence-electron chi connectivity index (χ3n) is 5.26. The molecule has 25 heavy (non-hydrogen) atoms. The highest BCUT2D eigenvalue weighted by Crippen LogP contribution is 2.21. The minimum Gasteiger partial charge on any atom is -0.481 e. The van der Waals surface area contributed by atoms with Gasteiger partial charge in [0.2, 0.25) is 5.91 Å². The number of nitrogens with zero attached hydrogens (tertiary/aromatic N) is 3. The molecule has 0 aliphatic carbocycles. The standard InChI is InChI=1S/C18H24FN3O3/c1-13(17(23)22-7-6-14(12-22)18(24)25)20-8-10-21(11-9-20)16-4-2-15(19)3-5-16/h2-5,13-14H,6-12H2,1H3,(H,24,25)/t13-,14+/m1/s1. The van der Waals surface area contributed by atoms with Crippen LogP contribution in [0, 0.1) is 11.7 Å². The molecule has 0 spiro atoms. The van der Waals surface area contributed by atoms with Crippen LogP contribution in [0.5, 0.6) is 0 Å². The highest BCUT2D eigenvalue weighted by atomic mass is 19.1. The Labute approximate surface area is 146 Å². The molecular weight excluding hydrogens is 325 g/mol. The van der Waals surface area contributed by atoms with Crippen LogP contribution in [0.3, 0.4) is 0 Å². The largest absolute Gasteiger partial charge is 0.481 e. The van der Waals surface area contributed by atoms with Crippen LogP contribution in [0.2, 0.25) is 0 Å². The maximum atomic E-state index is 13.0. The molecule has 2 aliphatic rings. The summed E-state index contributed by atoms with van der Waals surface area (Å²) in [4.78, 5) is 29.7. The van der Waals surface area contributed by atoms with Crippen LogP contribution < -0.4 is 4.90 Å². The van der Waals surface area contributed by atoms with E-state index in [1.807, 2.05) is 6.92 Å². The molecule has 1 amide bonds. The molecule has 0 unspecified atom stereocenters. The molecular formula is C18H24FN3O3. The number of rotatable bonds is 4. The number of carboxylic acid groups (broad SMARTS) is 1. The van der Waals surface area contributed by atoms with Crippen molar-refractivity contribution in [3.63, 3.8) is 0 Å². The van der Waals surface area contributed by atoms with Gasteiger partial charge in [0.25, 0.3) is 0 Å². The van der Waals surface area contributed by atoms with Gasteiger partial charge in [0, 0.05) is 45.0 Å². The van der Waals surface area contributed by atoms with Gasteiger partial charge in [0.05, 0.1) is 12.0 Å². The lowest BCUT2D eigenvalue weighted by molar-refractivity contribution is -0.141. The van der Waals surface area contributed by atoms with E-state index in [9.17, 15) is 14.0 Å². The Morgan fingerprint density at radius 3 is 2.32 bits per heavy atom. The van der Waals surface area contributed by atoms with E-state index in [4.69, 9.17) is 5.11 Å². The van der Waals surface area contributed by atoms with Gasteiger partial charge < -0.3 is 14.9 Å². The number of anilines is 1. The van der Waals surface area contributed by atoms with Crippen LogP contribution >= 0.6 is 0 Å². The Balaban J connectivity index is 1.53. The summed E-state index contributed by atoms with van der Waals surface area (Å²) in [5, 5.41) is 9.08. The van der Waals surface area contributed by atoms with Crippen molar-refractivity contribution in [1.82, 2.24) is 9.80 Å². The Morgan fingerprint density at radius 2 is 1.76 bits per heavy atom. The summed E-state index contributed by atoms with van der Waals surface area (Å²) in [7, 11) is 0. The van der Waals surface area contributed by atoms with Gasteiger partial charge >= 0.3 is 5.97 Å². The number of halogens is 1. The molecule has 0 aromatic heterocycles. The molecule has 2 saturated heterocycles. The van der Waals surface area contributed by atoms with E-state index in [-0.39, 0.29) is 17.8 Å². The predicted molar refractivity (Wildman–Crippen MR) is 92.0 cm³/mol. The average molecular weight is 349 g/mol. The third kappa shape index (κ3) is 3.92. The van der Waals surface area contributed by atoms with Gasteiger partial charge in [-0.1, -0.05) is 0 Å². The van der Waals surface area contributed by atoms with Crippen molar-refractivity contribution in [2.45, 2.75) is 19.4 Å². The van der Waals surface area contributed by atoms with Crippen molar-refractivity contribution in [2.75, 3.05) is 44.2 Å². The number of piperazine rings is 1. The molecule has 0 bridgehead atoms. The molecule has 6 nitrogen and oxygen atoms in total. The smallest absolute Gasteiger partial charge is 0.308 e. The fourth-order valence-corrected chi connectivity index (χ4v) is 3.60. The molecule has 7 heteroatoms. The highest BCUT2D eigenvalue weighted by Gasteiger charge is 2.35. The molecule has 0 saturated carbocycles. The number of likely N-dealkylation sites (tertiary alicyclic amines) is 1. The maximum Gasteiger partial charge on any atom is 0.308 e. The highest BCUT2D eigenvalue weighted by molar-refractivity contribution is 5.83. The van der Waals surface area contributed by atoms with Crippen LogP contribution in [0.15, 0.2) is 24.3 Å². The molecule has 136 valence electrons. The molecule has 1 N–H and O–H groups in total. The zero-order valence-electron chi connectivity index (χ0n) is 14.4. The number of aliphatic carboxylic acids is 1. The summed E-state index contributed by atoms with van der Waals surface area (Å²) < 4.78 is 13.0. The molecule has 0 radical (unpaired) electrons. The van der Waals surface area contributed by atoms with Crippen molar-refractivity contribution in [1.29, 1.82) is 0 Å². The quantitative estimate of drug-likeness (QED) is 0.887. The molecule has 1 aromatic carbocycles. The van der Waals surface area contributed by atoms with Gasteiger partial charge in [0.15, 0.2) is 0 Å². The second-order valence-corrected chi connectivity index (χ2v) is 6.78. The number of benzene rings is 1. The number of hydrogen-bond acceptors (Lipinski definition) is 4. The topological polar surface area (TPSA) is 64.1 Å². The van der Waals surface area contributed by atoms with Crippen molar-refractivity contribution in [2.24, 2.45) is 5.92 Å². The minimum atomic E-state index is -0.823. The van der Waals surface area contributed by atoms with Crippen LogP contribution in [0.4, 0.5) is 10.1 Å². The van der Waals surface area contributed by atoms with Gasteiger partial charge in [-0.05, 0) is 37.6 Å². The lowest BCUT2D eigenvalue weighted by atomic mass is 10.1. The van der Waals surface area contributed by atoms with Gasteiger partial charge in [0.1, 0.15) is 5.82 Å². The van der Waals surface area contributed by atoms with Crippen LogP contribution in [-0.4, -0.2) is 72.1 Å². The summed E-state index contributed by atoms with van der Waals surface area (Å²) >= 11 is 0. The van der Waals surface area contributed by atoms with E-state index in [2.05, 4.69) is 9.80 Å². The summed E-state index contributed by atoms with van der Waals surface area (Å²) in [6, 6.07) is 6.22. The first-order valence-electron chi connectivity index (χ1n) is 8.72. The number of carbonyl (C=O) groups is 2. The zero-order valence-corrected chi connectivity index (χ0v) is 14.4. The maximum absolute atomic E-state index is 13.0. The van der Waals surface area contributed by atoms with Crippen molar-refractivity contribution in [3.8, 4) is 0 Å². The van der Waals surface area contributed by atoms with E-state index in [1.165, 1.54) is 12.1 Å². The van der Waals surface area contributed by atoms with Crippen molar-refractivity contribution < 1.29 is 19.1 Å². The number of carbonyl (C=O) groups excluding carboxylic acids is 1. The first kappa shape index (κ1) is 17.7. The summed E-state index contributed by atoms with van der Waals surface area (Å²) in [5.74, 6) is -1.49. The van der Waals surface area contributed by atoms with Gasteiger partial charge in [-0.2, -0.15) is 0 Å². The lowest BCUT2D eigenvalue weighted by Gasteiger charge is -2.39. The molecule has 2 heterocycles. The van der Waals surface area contributed by atoms with E-state index in [1.54, 1.807) is 17.0 Å². The first-order valence-corrected chi connectivity index (χ1v) is 8.72. The van der Waals surface area contributed by atoms with E-state index < -0.39 is 11.9 Å². The summed E-state index contributed by atoms with van der Waals surface area (Å²) in [6.07, 6.45) is 0.534.